The summed E-state index contributed by atoms with van der Waals surface area (Å²) < 4.78 is 0. The molecule has 234 valence electrons. The summed E-state index contributed by atoms with van der Waals surface area (Å²) in [5.74, 6) is 0. The molecule has 2 aliphatic carbocycles. The highest BCUT2D eigenvalue weighted by molar-refractivity contribution is 6.26. The molecule has 0 saturated heterocycles. The molecule has 0 amide bonds. The van der Waals surface area contributed by atoms with Gasteiger partial charge < -0.3 is 0 Å². The van der Waals surface area contributed by atoms with Crippen molar-refractivity contribution in [2.75, 3.05) is 0 Å². The van der Waals surface area contributed by atoms with E-state index in [4.69, 9.17) is 0 Å². The van der Waals surface area contributed by atoms with Crippen LogP contribution in [0, 0.1) is 0 Å². The molecule has 2 aliphatic rings. The largest absolute Gasteiger partial charge is 0.0731 e. The standard InChI is InChI=1S/C51H30/c1-2-14-33-31(13-1)25-28-43-49-42-22-8-7-19-38(42)44(30-48(49)51(50(33)43)46-23-11-9-20-40(46)41-21-10-12-24-47(41)51)32-26-27-39-36-17-4-3-15-34(36)35-16-5-6-18-37(35)45(39)29-32/h1-30H. The maximum atomic E-state index is 2.57. The van der Waals surface area contributed by atoms with Crippen LogP contribution in [0.3, 0.4) is 0 Å². The monoisotopic (exact) mass is 642 g/mol. The van der Waals surface area contributed by atoms with Crippen LogP contribution < -0.4 is 0 Å². The van der Waals surface area contributed by atoms with Gasteiger partial charge in [0.05, 0.1) is 5.41 Å². The van der Waals surface area contributed by atoms with E-state index in [0.717, 1.165) is 0 Å². The Morgan fingerprint density at radius 1 is 0.275 bits per heavy atom. The first kappa shape index (κ1) is 27.3. The summed E-state index contributed by atoms with van der Waals surface area (Å²) in [6.07, 6.45) is 0. The predicted molar refractivity (Wildman–Crippen MR) is 216 cm³/mol. The zero-order valence-corrected chi connectivity index (χ0v) is 27.8. The number of rotatable bonds is 1. The third kappa shape index (κ3) is 3.35. The summed E-state index contributed by atoms with van der Waals surface area (Å²) in [7, 11) is 0. The van der Waals surface area contributed by atoms with Crippen LogP contribution >= 0.6 is 0 Å². The lowest BCUT2D eigenvalue weighted by Gasteiger charge is -2.32. The Morgan fingerprint density at radius 3 is 1.45 bits per heavy atom. The summed E-state index contributed by atoms with van der Waals surface area (Å²) in [6.45, 7) is 0. The van der Waals surface area contributed by atoms with Crippen LogP contribution in [0.1, 0.15) is 22.3 Å². The molecule has 10 aromatic rings. The Balaban J connectivity index is 1.26. The van der Waals surface area contributed by atoms with Crippen molar-refractivity contribution < 1.29 is 0 Å². The molecule has 0 radical (unpaired) electrons. The second-order valence-electron chi connectivity index (χ2n) is 14.3. The zero-order chi connectivity index (χ0) is 33.3. The maximum absolute atomic E-state index is 2.57. The van der Waals surface area contributed by atoms with E-state index in [0.29, 0.717) is 0 Å². The summed E-state index contributed by atoms with van der Waals surface area (Å²) in [4.78, 5) is 0. The van der Waals surface area contributed by atoms with Gasteiger partial charge in [-0.2, -0.15) is 0 Å². The highest BCUT2D eigenvalue weighted by atomic mass is 14.5. The quantitative estimate of drug-likeness (QED) is 0.156. The minimum absolute atomic E-state index is 0.447. The number of benzene rings is 10. The molecule has 0 heterocycles. The molecular formula is C51H30. The molecule has 10 aromatic carbocycles. The highest BCUT2D eigenvalue weighted by Gasteiger charge is 2.53. The summed E-state index contributed by atoms with van der Waals surface area (Å²) >= 11 is 0. The first-order valence-electron chi connectivity index (χ1n) is 17.9. The Morgan fingerprint density at radius 2 is 0.784 bits per heavy atom. The van der Waals surface area contributed by atoms with Gasteiger partial charge in [0.25, 0.3) is 0 Å². The van der Waals surface area contributed by atoms with Crippen molar-refractivity contribution in [2.24, 2.45) is 0 Å². The van der Waals surface area contributed by atoms with Crippen molar-refractivity contribution in [1.29, 1.82) is 0 Å². The zero-order valence-electron chi connectivity index (χ0n) is 27.8. The molecule has 0 saturated carbocycles. The molecule has 12 rings (SSSR count). The second kappa shape index (κ2) is 9.81. The van der Waals surface area contributed by atoms with Crippen molar-refractivity contribution in [3.8, 4) is 33.4 Å². The van der Waals surface area contributed by atoms with Gasteiger partial charge in [-0.1, -0.05) is 170 Å². The van der Waals surface area contributed by atoms with Gasteiger partial charge in [0.2, 0.25) is 0 Å². The summed E-state index contributed by atoms with van der Waals surface area (Å²) in [5, 5.41) is 13.0. The molecule has 0 unspecified atom stereocenters. The van der Waals surface area contributed by atoms with Gasteiger partial charge >= 0.3 is 0 Å². The molecule has 0 fully saturated rings. The smallest absolute Gasteiger partial charge is 0.0619 e. The first-order valence-corrected chi connectivity index (χ1v) is 17.9. The minimum Gasteiger partial charge on any atom is -0.0619 e. The van der Waals surface area contributed by atoms with Crippen LogP contribution in [0.2, 0.25) is 0 Å². The molecular weight excluding hydrogens is 613 g/mol. The van der Waals surface area contributed by atoms with Crippen LogP contribution in [0.5, 0.6) is 0 Å². The van der Waals surface area contributed by atoms with E-state index in [1.54, 1.807) is 0 Å². The average molecular weight is 643 g/mol. The van der Waals surface area contributed by atoms with Crippen LogP contribution in [-0.2, 0) is 5.41 Å². The maximum Gasteiger partial charge on any atom is 0.0731 e. The molecule has 0 N–H and O–H groups in total. The van der Waals surface area contributed by atoms with Crippen molar-refractivity contribution in [2.45, 2.75) is 5.41 Å². The molecule has 0 bridgehead atoms. The van der Waals surface area contributed by atoms with Crippen molar-refractivity contribution in [3.05, 3.63) is 204 Å². The Labute approximate surface area is 295 Å². The van der Waals surface area contributed by atoms with Crippen molar-refractivity contribution in [3.63, 3.8) is 0 Å². The van der Waals surface area contributed by atoms with Crippen LogP contribution in [0.4, 0.5) is 0 Å². The fourth-order valence-electron chi connectivity index (χ4n) is 10.1. The molecule has 0 aliphatic heterocycles. The Hall–Kier alpha value is -6.50. The second-order valence-corrected chi connectivity index (χ2v) is 14.3. The molecule has 0 aromatic heterocycles. The molecule has 0 atom stereocenters. The Bertz CT molecular complexity index is 3060. The van der Waals surface area contributed by atoms with E-state index in [1.807, 2.05) is 0 Å². The van der Waals surface area contributed by atoms with Gasteiger partial charge in [-0.15, -0.1) is 0 Å². The van der Waals surface area contributed by atoms with Gasteiger partial charge in [-0.25, -0.2) is 0 Å². The van der Waals surface area contributed by atoms with Crippen molar-refractivity contribution >= 4 is 53.9 Å². The topological polar surface area (TPSA) is 0 Å². The Kier molecular flexibility index (Phi) is 5.26. The van der Waals surface area contributed by atoms with E-state index in [1.165, 1.54) is 109 Å². The van der Waals surface area contributed by atoms with E-state index < -0.39 is 5.41 Å². The van der Waals surface area contributed by atoms with Crippen LogP contribution in [-0.4, -0.2) is 0 Å². The average Bonchev–Trinajstić information content (AvgIpc) is 3.68. The summed E-state index contributed by atoms with van der Waals surface area (Å²) in [5.41, 5.74) is 13.0. The normalized spacial score (nSPS) is 13.6. The fraction of sp³-hybridized carbons (Fsp3) is 0.0196. The van der Waals surface area contributed by atoms with Gasteiger partial charge in [-0.05, 0) is 122 Å². The third-order valence-corrected chi connectivity index (χ3v) is 12.0. The number of hydrogen-bond acceptors (Lipinski definition) is 0. The van der Waals surface area contributed by atoms with Crippen LogP contribution in [0.25, 0.3) is 87.2 Å². The number of hydrogen-bond donors (Lipinski definition) is 0. The van der Waals surface area contributed by atoms with E-state index in [9.17, 15) is 0 Å². The molecule has 0 nitrogen and oxygen atoms in total. The van der Waals surface area contributed by atoms with Crippen molar-refractivity contribution in [1.82, 2.24) is 0 Å². The summed E-state index contributed by atoms with van der Waals surface area (Å²) in [6, 6.07) is 68.6. The molecule has 0 heteroatoms. The molecule has 1 spiro atoms. The molecule has 51 heavy (non-hydrogen) atoms. The fourth-order valence-corrected chi connectivity index (χ4v) is 10.1. The van der Waals surface area contributed by atoms with Crippen LogP contribution in [0.15, 0.2) is 182 Å². The van der Waals surface area contributed by atoms with E-state index >= 15 is 0 Å². The minimum atomic E-state index is -0.447. The lowest BCUT2D eigenvalue weighted by atomic mass is 9.69. The van der Waals surface area contributed by atoms with Gasteiger partial charge in [0.1, 0.15) is 0 Å². The predicted octanol–water partition coefficient (Wildman–Crippen LogP) is 13.5. The van der Waals surface area contributed by atoms with Gasteiger partial charge in [-0.3, -0.25) is 0 Å². The first-order chi connectivity index (χ1) is 25.3. The lowest BCUT2D eigenvalue weighted by molar-refractivity contribution is 0.802. The van der Waals surface area contributed by atoms with Gasteiger partial charge in [0, 0.05) is 0 Å². The number of fused-ring (bicyclic) bond motifs is 20. The SMILES string of the molecule is c1ccc2c(c1)-c1ccccc1C21c2cc(-c3ccc4c5ccccc5c5ccccc5c4c3)c3ccccc3c2-c2ccc3ccccc3c21. The van der Waals surface area contributed by atoms with E-state index in [-0.39, 0.29) is 0 Å². The lowest BCUT2D eigenvalue weighted by Crippen LogP contribution is -2.26. The van der Waals surface area contributed by atoms with Gasteiger partial charge in [0.15, 0.2) is 0 Å². The van der Waals surface area contributed by atoms with E-state index in [2.05, 4.69) is 182 Å². The highest BCUT2D eigenvalue weighted by Crippen LogP contribution is 2.65. The third-order valence-electron chi connectivity index (χ3n) is 12.0.